The lowest BCUT2D eigenvalue weighted by Crippen LogP contribution is -2.23. The molecule has 0 bridgehead atoms. The van der Waals surface area contributed by atoms with E-state index in [0.717, 1.165) is 22.3 Å². The number of hydrogen-bond donors (Lipinski definition) is 1. The van der Waals surface area contributed by atoms with Crippen molar-refractivity contribution >= 4 is 38.9 Å². The van der Waals surface area contributed by atoms with Gasteiger partial charge in [0.1, 0.15) is 12.4 Å². The zero-order valence-corrected chi connectivity index (χ0v) is 14.6. The molecule has 2 aromatic rings. The fourth-order valence-electron chi connectivity index (χ4n) is 1.94. The molecule has 0 saturated heterocycles. The van der Waals surface area contributed by atoms with Crippen LogP contribution in [0.4, 0.5) is 0 Å². The van der Waals surface area contributed by atoms with Crippen molar-refractivity contribution in [1.29, 1.82) is 0 Å². The van der Waals surface area contributed by atoms with Crippen molar-refractivity contribution in [2.75, 3.05) is 13.2 Å². The fourth-order valence-corrected chi connectivity index (χ4v) is 3.72. The zero-order chi connectivity index (χ0) is 14.5. The number of halogens is 2. The molecule has 5 heteroatoms. The van der Waals surface area contributed by atoms with Crippen molar-refractivity contribution in [3.63, 3.8) is 0 Å². The van der Waals surface area contributed by atoms with Gasteiger partial charge >= 0.3 is 0 Å². The van der Waals surface area contributed by atoms with Crippen molar-refractivity contribution in [1.82, 2.24) is 5.32 Å². The molecule has 1 heterocycles. The van der Waals surface area contributed by atoms with Gasteiger partial charge in [0, 0.05) is 21.9 Å². The van der Waals surface area contributed by atoms with Crippen molar-refractivity contribution in [2.45, 2.75) is 19.9 Å². The smallest absolute Gasteiger partial charge is 0.140 e. The van der Waals surface area contributed by atoms with Crippen LogP contribution >= 0.6 is 38.9 Å². The predicted molar refractivity (Wildman–Crippen MR) is 90.1 cm³/mol. The maximum absolute atomic E-state index is 6.18. The molecular formula is C15H17BrClNOS. The average molecular weight is 375 g/mol. The van der Waals surface area contributed by atoms with Gasteiger partial charge in [-0.1, -0.05) is 33.6 Å². The van der Waals surface area contributed by atoms with E-state index in [2.05, 4.69) is 45.7 Å². The molecular weight excluding hydrogens is 358 g/mol. The third kappa shape index (κ3) is 4.22. The Balaban J connectivity index is 1.82. The number of hydrogen-bond acceptors (Lipinski definition) is 3. The second-order valence-corrected chi connectivity index (χ2v) is 6.88. The molecule has 1 N–H and O–H groups in total. The van der Waals surface area contributed by atoms with Crippen LogP contribution in [0, 0.1) is 6.92 Å². The molecule has 108 valence electrons. The zero-order valence-electron chi connectivity index (χ0n) is 11.5. The summed E-state index contributed by atoms with van der Waals surface area (Å²) in [4.78, 5) is 1.34. The summed E-state index contributed by atoms with van der Waals surface area (Å²) in [5, 5.41) is 6.17. The standard InChI is InChI=1S/C15H17BrClNOS/c1-10-8-12(16)9-13(17)15(10)19-6-5-18-11(2)14-4-3-7-20-14/h3-4,7-9,11,18H,5-6H2,1-2H3. The van der Waals surface area contributed by atoms with E-state index in [1.165, 1.54) is 4.88 Å². The Morgan fingerprint density at radius 2 is 2.25 bits per heavy atom. The first-order valence-corrected chi connectivity index (χ1v) is 8.48. The number of benzene rings is 1. The molecule has 2 nitrogen and oxygen atoms in total. The minimum Gasteiger partial charge on any atom is -0.490 e. The second-order valence-electron chi connectivity index (χ2n) is 4.57. The molecule has 0 radical (unpaired) electrons. The third-order valence-corrected chi connectivity index (χ3v) is 4.76. The van der Waals surface area contributed by atoms with Crippen LogP contribution in [-0.2, 0) is 0 Å². The molecule has 0 saturated carbocycles. The minimum atomic E-state index is 0.347. The van der Waals surface area contributed by atoms with E-state index in [1.54, 1.807) is 11.3 Å². The number of aryl methyl sites for hydroxylation is 1. The Morgan fingerprint density at radius 1 is 1.45 bits per heavy atom. The van der Waals surface area contributed by atoms with Crippen molar-refractivity contribution in [2.24, 2.45) is 0 Å². The van der Waals surface area contributed by atoms with E-state index in [0.29, 0.717) is 17.7 Å². The number of rotatable bonds is 6. The summed E-state index contributed by atoms with van der Waals surface area (Å²) in [5.74, 6) is 0.764. The molecule has 0 fully saturated rings. The molecule has 0 aliphatic heterocycles. The van der Waals surface area contributed by atoms with Gasteiger partial charge in [-0.25, -0.2) is 0 Å². The van der Waals surface area contributed by atoms with E-state index < -0.39 is 0 Å². The summed E-state index contributed by atoms with van der Waals surface area (Å²) in [6.07, 6.45) is 0. The van der Waals surface area contributed by atoms with E-state index >= 15 is 0 Å². The van der Waals surface area contributed by atoms with Gasteiger partial charge in [0.25, 0.3) is 0 Å². The Labute approximate surface area is 137 Å². The summed E-state index contributed by atoms with van der Waals surface area (Å²) in [6, 6.07) is 8.41. The van der Waals surface area contributed by atoms with Gasteiger partial charge in [-0.15, -0.1) is 11.3 Å². The second kappa shape index (κ2) is 7.46. The lowest BCUT2D eigenvalue weighted by molar-refractivity contribution is 0.306. The first kappa shape index (κ1) is 15.8. The average Bonchev–Trinajstić information content (AvgIpc) is 2.90. The van der Waals surface area contributed by atoms with Gasteiger partial charge in [-0.3, -0.25) is 0 Å². The fraction of sp³-hybridized carbons (Fsp3) is 0.333. The summed E-state index contributed by atoms with van der Waals surface area (Å²) in [6.45, 7) is 5.53. The first-order valence-electron chi connectivity index (χ1n) is 6.43. The van der Waals surface area contributed by atoms with Gasteiger partial charge in [-0.2, -0.15) is 0 Å². The minimum absolute atomic E-state index is 0.347. The van der Waals surface area contributed by atoms with Crippen LogP contribution in [0.3, 0.4) is 0 Å². The summed E-state index contributed by atoms with van der Waals surface area (Å²) in [7, 11) is 0. The summed E-state index contributed by atoms with van der Waals surface area (Å²) in [5.41, 5.74) is 1.04. The summed E-state index contributed by atoms with van der Waals surface area (Å²) >= 11 is 11.4. The van der Waals surface area contributed by atoms with Gasteiger partial charge < -0.3 is 10.1 Å². The van der Waals surface area contributed by atoms with Crippen LogP contribution in [0.1, 0.15) is 23.4 Å². The highest BCUT2D eigenvalue weighted by Crippen LogP contribution is 2.31. The molecule has 0 aliphatic rings. The molecule has 2 rings (SSSR count). The van der Waals surface area contributed by atoms with Crippen molar-refractivity contribution in [3.05, 3.63) is 49.6 Å². The van der Waals surface area contributed by atoms with Gasteiger partial charge in [0.05, 0.1) is 5.02 Å². The maximum Gasteiger partial charge on any atom is 0.140 e. The Morgan fingerprint density at radius 3 is 2.90 bits per heavy atom. The SMILES string of the molecule is Cc1cc(Br)cc(Cl)c1OCCNC(C)c1cccs1. The van der Waals surface area contributed by atoms with E-state index in [-0.39, 0.29) is 0 Å². The van der Waals surface area contributed by atoms with Gasteiger partial charge in [0.15, 0.2) is 0 Å². The predicted octanol–water partition coefficient (Wildman–Crippen LogP) is 5.20. The largest absolute Gasteiger partial charge is 0.490 e. The topological polar surface area (TPSA) is 21.3 Å². The van der Waals surface area contributed by atoms with E-state index in [4.69, 9.17) is 16.3 Å². The molecule has 20 heavy (non-hydrogen) atoms. The number of ether oxygens (including phenoxy) is 1. The number of thiophene rings is 1. The van der Waals surface area contributed by atoms with E-state index in [9.17, 15) is 0 Å². The first-order chi connectivity index (χ1) is 9.58. The van der Waals surface area contributed by atoms with Crippen molar-refractivity contribution in [3.8, 4) is 5.75 Å². The van der Waals surface area contributed by atoms with Crippen molar-refractivity contribution < 1.29 is 4.74 Å². The molecule has 1 atom stereocenters. The Bertz CT molecular complexity index is 536. The van der Waals surface area contributed by atoms with Gasteiger partial charge in [0.2, 0.25) is 0 Å². The highest BCUT2D eigenvalue weighted by atomic mass is 79.9. The van der Waals surface area contributed by atoms with Crippen LogP contribution in [0.15, 0.2) is 34.1 Å². The molecule has 1 aromatic heterocycles. The monoisotopic (exact) mass is 373 g/mol. The Hall–Kier alpha value is -0.550. The molecule has 0 amide bonds. The van der Waals surface area contributed by atoms with Crippen LogP contribution in [-0.4, -0.2) is 13.2 Å². The van der Waals surface area contributed by atoms with E-state index in [1.807, 2.05) is 19.1 Å². The molecule has 1 unspecified atom stereocenters. The molecule has 1 aromatic carbocycles. The quantitative estimate of drug-likeness (QED) is 0.701. The molecule has 0 spiro atoms. The third-order valence-electron chi connectivity index (χ3n) is 2.96. The number of nitrogens with one attached hydrogen (secondary N) is 1. The highest BCUT2D eigenvalue weighted by Gasteiger charge is 2.08. The maximum atomic E-state index is 6.18. The lowest BCUT2D eigenvalue weighted by atomic mass is 10.2. The lowest BCUT2D eigenvalue weighted by Gasteiger charge is -2.14. The van der Waals surface area contributed by atoms with Crippen LogP contribution in [0.25, 0.3) is 0 Å². The van der Waals surface area contributed by atoms with Crippen LogP contribution in [0.2, 0.25) is 5.02 Å². The highest BCUT2D eigenvalue weighted by molar-refractivity contribution is 9.10. The summed E-state index contributed by atoms with van der Waals surface area (Å²) < 4.78 is 6.75. The molecule has 0 aliphatic carbocycles. The van der Waals surface area contributed by atoms with Crippen LogP contribution in [0.5, 0.6) is 5.75 Å². The normalized spacial score (nSPS) is 12.4. The Kier molecular flexibility index (Phi) is 5.90. The van der Waals surface area contributed by atoms with Crippen LogP contribution < -0.4 is 10.1 Å². The van der Waals surface area contributed by atoms with Gasteiger partial charge in [-0.05, 0) is 43.0 Å².